The number of hydrogen-bond acceptors (Lipinski definition) is 5. The lowest BCUT2D eigenvalue weighted by molar-refractivity contribution is 0.190. The van der Waals surface area contributed by atoms with Gasteiger partial charge in [0.15, 0.2) is 5.65 Å². The highest BCUT2D eigenvalue weighted by atomic mass is 16.5. The molecule has 28 heavy (non-hydrogen) atoms. The maximum Gasteiger partial charge on any atom is 0.165 e. The highest BCUT2D eigenvalue weighted by molar-refractivity contribution is 5.83. The second-order valence-electron chi connectivity index (χ2n) is 7.62. The van der Waals surface area contributed by atoms with Gasteiger partial charge in [0.05, 0.1) is 19.4 Å². The number of fused-ring (bicyclic) bond motifs is 2. The summed E-state index contributed by atoms with van der Waals surface area (Å²) in [6.45, 7) is 6.93. The third-order valence-corrected chi connectivity index (χ3v) is 5.47. The van der Waals surface area contributed by atoms with Crippen LogP contribution in [0.3, 0.4) is 0 Å². The Morgan fingerprint density at radius 2 is 2.04 bits per heavy atom. The number of benzene rings is 1. The van der Waals surface area contributed by atoms with Gasteiger partial charge in [-0.05, 0) is 63.3 Å². The fourth-order valence-electron chi connectivity index (χ4n) is 4.17. The minimum absolute atomic E-state index is 0.191. The van der Waals surface area contributed by atoms with Crippen LogP contribution in [-0.2, 0) is 17.6 Å². The fourth-order valence-corrected chi connectivity index (χ4v) is 4.17. The van der Waals surface area contributed by atoms with E-state index in [1.165, 1.54) is 11.3 Å². The third kappa shape index (κ3) is 3.11. The Morgan fingerprint density at radius 1 is 1.21 bits per heavy atom. The predicted octanol–water partition coefficient (Wildman–Crippen LogP) is 3.96. The van der Waals surface area contributed by atoms with Crippen LogP contribution in [0.15, 0.2) is 18.2 Å². The van der Waals surface area contributed by atoms with Gasteiger partial charge in [-0.25, -0.2) is 4.98 Å². The average Bonchev–Trinajstić information content (AvgIpc) is 3.26. The number of nitrogens with one attached hydrogen (secondary N) is 1. The molecule has 0 saturated carbocycles. The van der Waals surface area contributed by atoms with Gasteiger partial charge in [-0.15, -0.1) is 0 Å². The summed E-state index contributed by atoms with van der Waals surface area (Å²) in [7, 11) is 3.42. The molecule has 1 aliphatic rings. The molecule has 2 aromatic heterocycles. The number of aryl methyl sites for hydroxylation is 3. The minimum atomic E-state index is 0.191. The van der Waals surface area contributed by atoms with E-state index in [1.54, 1.807) is 14.2 Å². The maximum atomic E-state index is 5.37. The first-order valence-electron chi connectivity index (χ1n) is 9.85. The van der Waals surface area contributed by atoms with E-state index in [-0.39, 0.29) is 6.04 Å². The maximum absolute atomic E-state index is 5.37. The number of hydrogen-bond donors (Lipinski definition) is 1. The summed E-state index contributed by atoms with van der Waals surface area (Å²) < 4.78 is 12.7. The van der Waals surface area contributed by atoms with Crippen LogP contribution in [0, 0.1) is 13.8 Å². The molecule has 0 fully saturated rings. The summed E-state index contributed by atoms with van der Waals surface area (Å²) >= 11 is 0. The molecule has 1 atom stereocenters. The van der Waals surface area contributed by atoms with Crippen molar-refractivity contribution in [1.29, 1.82) is 0 Å². The highest BCUT2D eigenvalue weighted by Crippen LogP contribution is 2.36. The first-order chi connectivity index (χ1) is 13.5. The second-order valence-corrected chi connectivity index (χ2v) is 7.62. The van der Waals surface area contributed by atoms with Gasteiger partial charge in [0, 0.05) is 30.0 Å². The summed E-state index contributed by atoms with van der Waals surface area (Å²) in [5, 5.41) is 8.51. The Kier molecular flexibility index (Phi) is 4.98. The normalized spacial score (nSPS) is 14.3. The summed E-state index contributed by atoms with van der Waals surface area (Å²) in [5.41, 5.74) is 7.77. The standard InChI is InChI=1S/C22H28N4O2/c1-13-11-16(28-5)9-10-17(13)20-15(3)25-26-21(23-14(2)12-27-4)18-7-6-8-19(18)24-22(20)26/h9-11,14,23H,6-8,12H2,1-5H3. The van der Waals surface area contributed by atoms with Crippen LogP contribution < -0.4 is 10.1 Å². The molecule has 0 bridgehead atoms. The molecular weight excluding hydrogens is 352 g/mol. The van der Waals surface area contributed by atoms with Crippen LogP contribution >= 0.6 is 0 Å². The average molecular weight is 380 g/mol. The minimum Gasteiger partial charge on any atom is -0.497 e. The molecule has 6 heteroatoms. The van der Waals surface area contributed by atoms with Crippen molar-refractivity contribution in [2.45, 2.75) is 46.1 Å². The Bertz CT molecular complexity index is 1030. The van der Waals surface area contributed by atoms with Crippen LogP contribution in [0.1, 0.15) is 35.9 Å². The van der Waals surface area contributed by atoms with E-state index in [0.29, 0.717) is 6.61 Å². The highest BCUT2D eigenvalue weighted by Gasteiger charge is 2.25. The summed E-state index contributed by atoms with van der Waals surface area (Å²) in [6.07, 6.45) is 3.19. The van der Waals surface area contributed by atoms with Crippen molar-refractivity contribution in [1.82, 2.24) is 14.6 Å². The predicted molar refractivity (Wildman–Crippen MR) is 111 cm³/mol. The van der Waals surface area contributed by atoms with Gasteiger partial charge in [0.2, 0.25) is 0 Å². The van der Waals surface area contributed by atoms with Crippen LogP contribution in [0.5, 0.6) is 5.75 Å². The fraction of sp³-hybridized carbons (Fsp3) is 0.455. The quantitative estimate of drug-likeness (QED) is 0.701. The van der Waals surface area contributed by atoms with Gasteiger partial charge < -0.3 is 14.8 Å². The Balaban J connectivity index is 1.92. The van der Waals surface area contributed by atoms with Crippen LogP contribution in [0.25, 0.3) is 16.8 Å². The number of rotatable bonds is 6. The zero-order chi connectivity index (χ0) is 19.8. The SMILES string of the molecule is COCC(C)Nc1c2c(nc3c(-c4ccc(OC)cc4C)c(C)nn13)CCC2. The van der Waals surface area contributed by atoms with Gasteiger partial charge in [-0.2, -0.15) is 9.61 Å². The largest absolute Gasteiger partial charge is 0.497 e. The lowest BCUT2D eigenvalue weighted by atomic mass is 10.0. The first kappa shape index (κ1) is 18.7. The van der Waals surface area contributed by atoms with E-state index >= 15 is 0 Å². The van der Waals surface area contributed by atoms with Crippen LogP contribution in [0.2, 0.25) is 0 Å². The molecule has 0 aliphatic heterocycles. The molecule has 2 heterocycles. The van der Waals surface area contributed by atoms with Crippen molar-refractivity contribution in [3.8, 4) is 16.9 Å². The molecule has 0 amide bonds. The van der Waals surface area contributed by atoms with Gasteiger partial charge in [0.25, 0.3) is 0 Å². The molecule has 0 saturated heterocycles. The van der Waals surface area contributed by atoms with Gasteiger partial charge >= 0.3 is 0 Å². The van der Waals surface area contributed by atoms with E-state index < -0.39 is 0 Å². The molecule has 4 rings (SSSR count). The number of nitrogens with zero attached hydrogens (tertiary/aromatic N) is 3. The lowest BCUT2D eigenvalue weighted by Crippen LogP contribution is -2.24. The van der Waals surface area contributed by atoms with Gasteiger partial charge in [0.1, 0.15) is 11.6 Å². The Morgan fingerprint density at radius 3 is 2.75 bits per heavy atom. The molecule has 148 valence electrons. The van der Waals surface area contributed by atoms with Crippen LogP contribution in [0.4, 0.5) is 5.82 Å². The zero-order valence-electron chi connectivity index (χ0n) is 17.3. The molecular formula is C22H28N4O2. The smallest absolute Gasteiger partial charge is 0.165 e. The summed E-state index contributed by atoms with van der Waals surface area (Å²) in [6, 6.07) is 6.36. The van der Waals surface area contributed by atoms with Crippen molar-refractivity contribution in [2.75, 3.05) is 26.1 Å². The van der Waals surface area contributed by atoms with Crippen molar-refractivity contribution >= 4 is 11.5 Å². The Labute approximate surface area is 165 Å². The molecule has 0 spiro atoms. The first-order valence-corrected chi connectivity index (χ1v) is 9.85. The lowest BCUT2D eigenvalue weighted by Gasteiger charge is -2.18. The van der Waals surface area contributed by atoms with E-state index in [2.05, 4.69) is 38.2 Å². The topological polar surface area (TPSA) is 60.7 Å². The zero-order valence-corrected chi connectivity index (χ0v) is 17.3. The van der Waals surface area contributed by atoms with Crippen LogP contribution in [-0.4, -0.2) is 41.5 Å². The number of methoxy groups -OCH3 is 2. The third-order valence-electron chi connectivity index (χ3n) is 5.47. The Hall–Kier alpha value is -2.60. The second kappa shape index (κ2) is 7.43. The van der Waals surface area contributed by atoms with E-state index in [4.69, 9.17) is 19.6 Å². The molecule has 1 aliphatic carbocycles. The molecule has 1 unspecified atom stereocenters. The van der Waals surface area contributed by atoms with Crippen molar-refractivity contribution in [2.24, 2.45) is 0 Å². The molecule has 6 nitrogen and oxygen atoms in total. The molecule has 1 aromatic carbocycles. The van der Waals surface area contributed by atoms with E-state index in [9.17, 15) is 0 Å². The monoisotopic (exact) mass is 380 g/mol. The van der Waals surface area contributed by atoms with Gasteiger partial charge in [-0.1, -0.05) is 6.07 Å². The van der Waals surface area contributed by atoms with E-state index in [1.807, 2.05) is 10.6 Å². The van der Waals surface area contributed by atoms with Crippen molar-refractivity contribution < 1.29 is 9.47 Å². The molecule has 3 aromatic rings. The summed E-state index contributed by atoms with van der Waals surface area (Å²) in [4.78, 5) is 5.05. The molecule has 1 N–H and O–H groups in total. The van der Waals surface area contributed by atoms with Crippen molar-refractivity contribution in [3.05, 3.63) is 40.7 Å². The molecule has 0 radical (unpaired) electrons. The summed E-state index contributed by atoms with van der Waals surface area (Å²) in [5.74, 6) is 1.92. The van der Waals surface area contributed by atoms with Gasteiger partial charge in [-0.3, -0.25) is 0 Å². The van der Waals surface area contributed by atoms with E-state index in [0.717, 1.165) is 58.9 Å². The van der Waals surface area contributed by atoms with Crippen molar-refractivity contribution in [3.63, 3.8) is 0 Å². The number of aromatic nitrogens is 3. The number of ether oxygens (including phenoxy) is 2. The number of anilines is 1.